The Morgan fingerprint density at radius 2 is 2.06 bits per heavy atom. The molecule has 1 aliphatic rings. The highest BCUT2D eigenvalue weighted by molar-refractivity contribution is 5.99. The molecule has 0 saturated heterocycles. The zero-order valence-corrected chi connectivity index (χ0v) is 10.1. The number of amides is 1. The molecule has 1 heterocycles. The molecule has 92 valence electrons. The Labute approximate surface area is 99.2 Å². The van der Waals surface area contributed by atoms with Crippen molar-refractivity contribution in [3.8, 4) is 5.75 Å². The molecule has 1 aliphatic heterocycles. The minimum absolute atomic E-state index is 0.0105. The first-order valence-electron chi connectivity index (χ1n) is 5.35. The fraction of sp³-hybridized carbons (Fsp3) is 0.417. The minimum Gasteiger partial charge on any atom is -0.481 e. The lowest BCUT2D eigenvalue weighted by molar-refractivity contribution is -0.122. The van der Waals surface area contributed by atoms with Crippen LogP contribution in [0.4, 0.5) is 15.8 Å². The second kappa shape index (κ2) is 3.61. The highest BCUT2D eigenvalue weighted by Gasteiger charge is 2.34. The van der Waals surface area contributed by atoms with Crippen LogP contribution in [0.15, 0.2) is 12.1 Å². The van der Waals surface area contributed by atoms with Gasteiger partial charge in [0.05, 0.1) is 11.4 Å². The number of hydrogen-bond acceptors (Lipinski definition) is 3. The van der Waals surface area contributed by atoms with Crippen molar-refractivity contribution in [1.82, 2.24) is 0 Å². The Balaban J connectivity index is 2.59. The van der Waals surface area contributed by atoms with Gasteiger partial charge in [0.1, 0.15) is 11.6 Å². The van der Waals surface area contributed by atoms with Crippen LogP contribution in [0.1, 0.15) is 20.8 Å². The Hall–Kier alpha value is -1.78. The monoisotopic (exact) mass is 238 g/mol. The highest BCUT2D eigenvalue weighted by Crippen LogP contribution is 2.38. The van der Waals surface area contributed by atoms with Gasteiger partial charge in [0, 0.05) is 11.6 Å². The average molecular weight is 238 g/mol. The molecule has 1 aromatic carbocycles. The predicted molar refractivity (Wildman–Crippen MR) is 63.5 cm³/mol. The molecule has 0 unspecified atom stereocenters. The first-order valence-corrected chi connectivity index (χ1v) is 5.35. The van der Waals surface area contributed by atoms with Gasteiger partial charge in [-0.25, -0.2) is 4.39 Å². The zero-order valence-electron chi connectivity index (χ0n) is 10.1. The van der Waals surface area contributed by atoms with Crippen LogP contribution in [-0.2, 0) is 4.79 Å². The van der Waals surface area contributed by atoms with Gasteiger partial charge in [-0.3, -0.25) is 4.79 Å². The van der Waals surface area contributed by atoms with E-state index in [4.69, 9.17) is 10.5 Å². The number of nitrogens with zero attached hydrogens (tertiary/aromatic N) is 1. The van der Waals surface area contributed by atoms with E-state index in [1.807, 2.05) is 20.8 Å². The van der Waals surface area contributed by atoms with Gasteiger partial charge in [0.25, 0.3) is 5.91 Å². The fourth-order valence-electron chi connectivity index (χ4n) is 1.92. The van der Waals surface area contributed by atoms with Crippen molar-refractivity contribution in [3.63, 3.8) is 0 Å². The standard InChI is InChI=1S/C12H15FN2O2/c1-12(2,3)15-9-5-8(14)7(13)4-10(9)17-6-11(15)16/h4-5H,6,14H2,1-3H3. The summed E-state index contributed by atoms with van der Waals surface area (Å²) >= 11 is 0. The van der Waals surface area contributed by atoms with Gasteiger partial charge < -0.3 is 15.4 Å². The third-order valence-electron chi connectivity index (χ3n) is 2.59. The molecule has 17 heavy (non-hydrogen) atoms. The van der Waals surface area contributed by atoms with Gasteiger partial charge in [-0.05, 0) is 26.8 Å². The zero-order chi connectivity index (χ0) is 12.8. The van der Waals surface area contributed by atoms with Crippen LogP contribution in [0.5, 0.6) is 5.75 Å². The van der Waals surface area contributed by atoms with Crippen LogP contribution in [0.25, 0.3) is 0 Å². The molecule has 1 aromatic rings. The van der Waals surface area contributed by atoms with Crippen LogP contribution in [0.2, 0.25) is 0 Å². The number of nitrogen functional groups attached to an aromatic ring is 1. The molecule has 2 rings (SSSR count). The molecule has 5 heteroatoms. The Morgan fingerprint density at radius 3 is 2.65 bits per heavy atom. The van der Waals surface area contributed by atoms with Gasteiger partial charge >= 0.3 is 0 Å². The molecule has 0 aliphatic carbocycles. The summed E-state index contributed by atoms with van der Waals surface area (Å²) in [5.41, 5.74) is 5.65. The van der Waals surface area contributed by atoms with Gasteiger partial charge in [0.15, 0.2) is 6.61 Å². The molecule has 0 aromatic heterocycles. The lowest BCUT2D eigenvalue weighted by atomic mass is 10.0. The summed E-state index contributed by atoms with van der Waals surface area (Å²) < 4.78 is 18.5. The van der Waals surface area contributed by atoms with E-state index in [-0.39, 0.29) is 18.2 Å². The van der Waals surface area contributed by atoms with E-state index in [0.29, 0.717) is 11.4 Å². The van der Waals surface area contributed by atoms with Gasteiger partial charge in [-0.15, -0.1) is 0 Å². The summed E-state index contributed by atoms with van der Waals surface area (Å²) in [6, 6.07) is 2.66. The third-order valence-corrected chi connectivity index (χ3v) is 2.59. The maximum absolute atomic E-state index is 13.3. The summed E-state index contributed by atoms with van der Waals surface area (Å²) in [6.07, 6.45) is 0. The summed E-state index contributed by atoms with van der Waals surface area (Å²) in [4.78, 5) is 13.5. The highest BCUT2D eigenvalue weighted by atomic mass is 19.1. The van der Waals surface area contributed by atoms with Gasteiger partial charge in [-0.2, -0.15) is 0 Å². The number of hydrogen-bond donors (Lipinski definition) is 1. The first kappa shape index (κ1) is 11.7. The number of nitrogens with two attached hydrogens (primary N) is 1. The third kappa shape index (κ3) is 1.92. The number of anilines is 2. The summed E-state index contributed by atoms with van der Waals surface area (Å²) in [5, 5.41) is 0. The van der Waals surface area contributed by atoms with Crippen LogP contribution < -0.4 is 15.4 Å². The van der Waals surface area contributed by atoms with Crippen molar-refractivity contribution in [2.45, 2.75) is 26.3 Å². The normalized spacial score (nSPS) is 15.5. The number of rotatable bonds is 0. The van der Waals surface area contributed by atoms with E-state index in [9.17, 15) is 9.18 Å². The van der Waals surface area contributed by atoms with Crippen molar-refractivity contribution >= 4 is 17.3 Å². The quantitative estimate of drug-likeness (QED) is 0.703. The lowest BCUT2D eigenvalue weighted by Gasteiger charge is -2.39. The van der Waals surface area contributed by atoms with Gasteiger partial charge in [-0.1, -0.05) is 0 Å². The molecule has 0 bridgehead atoms. The van der Waals surface area contributed by atoms with Crippen LogP contribution in [-0.4, -0.2) is 18.1 Å². The molecule has 0 spiro atoms. The van der Waals surface area contributed by atoms with Crippen LogP contribution in [0.3, 0.4) is 0 Å². The molecule has 0 saturated carbocycles. The maximum atomic E-state index is 13.3. The lowest BCUT2D eigenvalue weighted by Crippen LogP contribution is -2.50. The summed E-state index contributed by atoms with van der Waals surface area (Å²) in [6.45, 7) is 5.63. The molecular weight excluding hydrogens is 223 g/mol. The van der Waals surface area contributed by atoms with Gasteiger partial charge in [0.2, 0.25) is 0 Å². The fourth-order valence-corrected chi connectivity index (χ4v) is 1.92. The number of carbonyl (C=O) groups is 1. The van der Waals surface area contributed by atoms with Crippen molar-refractivity contribution in [2.75, 3.05) is 17.2 Å². The van der Waals surface area contributed by atoms with Crippen molar-refractivity contribution in [3.05, 3.63) is 17.9 Å². The van der Waals surface area contributed by atoms with E-state index in [2.05, 4.69) is 0 Å². The SMILES string of the molecule is CC(C)(C)N1C(=O)COc2cc(F)c(N)cc21. The second-order valence-electron chi connectivity index (χ2n) is 5.03. The molecule has 1 amide bonds. The number of benzene rings is 1. The van der Waals surface area contributed by atoms with Crippen molar-refractivity contribution in [1.29, 1.82) is 0 Å². The first-order chi connectivity index (χ1) is 7.80. The summed E-state index contributed by atoms with van der Waals surface area (Å²) in [5.74, 6) is -0.339. The molecular formula is C12H15FN2O2. The Bertz CT molecular complexity index is 480. The molecule has 4 nitrogen and oxygen atoms in total. The molecule has 0 fully saturated rings. The largest absolute Gasteiger partial charge is 0.481 e. The molecule has 0 atom stereocenters. The number of ether oxygens (including phenoxy) is 1. The average Bonchev–Trinajstić information content (AvgIpc) is 2.18. The summed E-state index contributed by atoms with van der Waals surface area (Å²) in [7, 11) is 0. The minimum atomic E-state index is -0.535. The van der Waals surface area contributed by atoms with Crippen molar-refractivity contribution in [2.24, 2.45) is 0 Å². The van der Waals surface area contributed by atoms with E-state index in [1.54, 1.807) is 4.90 Å². The van der Waals surface area contributed by atoms with Crippen LogP contribution in [0, 0.1) is 5.82 Å². The van der Waals surface area contributed by atoms with Crippen LogP contribution >= 0.6 is 0 Å². The van der Waals surface area contributed by atoms with E-state index >= 15 is 0 Å². The van der Waals surface area contributed by atoms with Crippen molar-refractivity contribution < 1.29 is 13.9 Å². The maximum Gasteiger partial charge on any atom is 0.265 e. The molecule has 0 radical (unpaired) electrons. The molecule has 2 N–H and O–H groups in total. The predicted octanol–water partition coefficient (Wildman–Crippen LogP) is 1.93. The number of carbonyl (C=O) groups excluding carboxylic acids is 1. The number of halogens is 1. The topological polar surface area (TPSA) is 55.6 Å². The Kier molecular flexibility index (Phi) is 2.49. The Morgan fingerprint density at radius 1 is 1.41 bits per heavy atom. The smallest absolute Gasteiger partial charge is 0.265 e. The van der Waals surface area contributed by atoms with E-state index in [1.165, 1.54) is 12.1 Å². The second-order valence-corrected chi connectivity index (χ2v) is 5.03. The van der Waals surface area contributed by atoms with E-state index < -0.39 is 11.4 Å². The number of fused-ring (bicyclic) bond motifs is 1. The van der Waals surface area contributed by atoms with E-state index in [0.717, 1.165) is 0 Å².